The summed E-state index contributed by atoms with van der Waals surface area (Å²) < 4.78 is 1.44. The maximum absolute atomic E-state index is 10.7. The molecule has 20 heavy (non-hydrogen) atoms. The van der Waals surface area contributed by atoms with Crippen LogP contribution < -0.4 is 5.73 Å². The minimum Gasteiger partial charge on any atom is -0.409 e. The number of oxime groups is 1. The lowest BCUT2D eigenvalue weighted by Gasteiger charge is -2.16. The van der Waals surface area contributed by atoms with Crippen LogP contribution in [-0.4, -0.2) is 25.7 Å². The molecule has 0 radical (unpaired) electrons. The zero-order chi connectivity index (χ0) is 14.5. The van der Waals surface area contributed by atoms with Crippen LogP contribution in [0.5, 0.6) is 0 Å². The van der Waals surface area contributed by atoms with Gasteiger partial charge in [0, 0.05) is 6.42 Å². The van der Waals surface area contributed by atoms with E-state index in [0.29, 0.717) is 0 Å². The van der Waals surface area contributed by atoms with E-state index in [1.54, 1.807) is 0 Å². The summed E-state index contributed by atoms with van der Waals surface area (Å²) in [5.41, 5.74) is 6.29. The van der Waals surface area contributed by atoms with E-state index in [2.05, 4.69) is 10.3 Å². The molecule has 1 heterocycles. The zero-order valence-corrected chi connectivity index (χ0v) is 10.5. The summed E-state index contributed by atoms with van der Waals surface area (Å²) in [5.74, 6) is 0.0250. The highest BCUT2D eigenvalue weighted by molar-refractivity contribution is 5.80. The fraction of sp³-hybridized carbons (Fsp3) is 0.167. The Bertz CT molecular complexity index is 623. The van der Waals surface area contributed by atoms with Gasteiger partial charge in [-0.2, -0.15) is 5.10 Å². The molecule has 0 amide bonds. The first-order chi connectivity index (χ1) is 9.61. The molecule has 8 heteroatoms. The first kappa shape index (κ1) is 13.5. The number of hydrogen-bond acceptors (Lipinski definition) is 5. The largest absolute Gasteiger partial charge is 0.409 e. The van der Waals surface area contributed by atoms with Gasteiger partial charge in [0.05, 0.1) is 11.0 Å². The van der Waals surface area contributed by atoms with Crippen LogP contribution in [0.4, 0.5) is 5.69 Å². The minimum absolute atomic E-state index is 0.0250. The van der Waals surface area contributed by atoms with Crippen molar-refractivity contribution in [3.63, 3.8) is 0 Å². The van der Waals surface area contributed by atoms with E-state index in [9.17, 15) is 10.1 Å². The van der Waals surface area contributed by atoms with Crippen molar-refractivity contribution in [1.29, 1.82) is 0 Å². The first-order valence-electron chi connectivity index (χ1n) is 5.81. The quantitative estimate of drug-likeness (QED) is 0.282. The minimum atomic E-state index is -0.519. The standard InChI is InChI=1S/C12H13N5O3/c13-12(15-18)6-11(9-4-2-1-3-5-9)16-8-10(7-14-16)17(19)20/h1-5,7-8,11,18H,6H2,(H2,13,15). The van der Waals surface area contributed by atoms with Crippen molar-refractivity contribution < 1.29 is 10.1 Å². The number of aromatic nitrogens is 2. The molecule has 1 aromatic heterocycles. The predicted octanol–water partition coefficient (Wildman–Crippen LogP) is 1.52. The molecule has 8 nitrogen and oxygen atoms in total. The lowest BCUT2D eigenvalue weighted by Crippen LogP contribution is -2.21. The van der Waals surface area contributed by atoms with Crippen LogP contribution in [0.2, 0.25) is 0 Å². The van der Waals surface area contributed by atoms with E-state index in [0.717, 1.165) is 5.56 Å². The Morgan fingerprint density at radius 3 is 2.75 bits per heavy atom. The van der Waals surface area contributed by atoms with Crippen LogP contribution in [0, 0.1) is 10.1 Å². The molecule has 1 unspecified atom stereocenters. The first-order valence-corrected chi connectivity index (χ1v) is 5.81. The third kappa shape index (κ3) is 2.91. The second kappa shape index (κ2) is 5.83. The van der Waals surface area contributed by atoms with E-state index >= 15 is 0 Å². The molecule has 0 saturated heterocycles. The van der Waals surface area contributed by atoms with Crippen LogP contribution in [0.1, 0.15) is 18.0 Å². The van der Waals surface area contributed by atoms with Crippen molar-refractivity contribution in [3.8, 4) is 0 Å². The molecular weight excluding hydrogens is 262 g/mol. The van der Waals surface area contributed by atoms with Gasteiger partial charge in [0.1, 0.15) is 18.2 Å². The molecule has 104 valence electrons. The van der Waals surface area contributed by atoms with Gasteiger partial charge in [0.15, 0.2) is 0 Å². The van der Waals surface area contributed by atoms with E-state index in [1.807, 2.05) is 30.3 Å². The van der Waals surface area contributed by atoms with Gasteiger partial charge >= 0.3 is 5.69 Å². The Labute approximate surface area is 114 Å². The van der Waals surface area contributed by atoms with Gasteiger partial charge in [-0.3, -0.25) is 14.8 Å². The Balaban J connectivity index is 2.37. The van der Waals surface area contributed by atoms with Gasteiger partial charge in [-0.15, -0.1) is 0 Å². The fourth-order valence-electron chi connectivity index (χ4n) is 1.87. The highest BCUT2D eigenvalue weighted by atomic mass is 16.6. The third-order valence-electron chi connectivity index (χ3n) is 2.83. The van der Waals surface area contributed by atoms with Crippen LogP contribution in [0.25, 0.3) is 0 Å². The lowest BCUT2D eigenvalue weighted by atomic mass is 10.0. The second-order valence-corrected chi connectivity index (χ2v) is 4.16. The van der Waals surface area contributed by atoms with Gasteiger partial charge < -0.3 is 10.9 Å². The van der Waals surface area contributed by atoms with E-state index in [-0.39, 0.29) is 24.0 Å². The molecule has 0 aliphatic rings. The molecule has 0 aliphatic heterocycles. The molecule has 0 fully saturated rings. The number of nitrogens with two attached hydrogens (primary N) is 1. The van der Waals surface area contributed by atoms with Crippen molar-refractivity contribution in [2.24, 2.45) is 10.9 Å². The van der Waals surface area contributed by atoms with Crippen LogP contribution in [0.3, 0.4) is 0 Å². The summed E-state index contributed by atoms with van der Waals surface area (Å²) in [7, 11) is 0. The molecule has 0 saturated carbocycles. The molecule has 1 aromatic carbocycles. The average Bonchev–Trinajstić information content (AvgIpc) is 2.95. The van der Waals surface area contributed by atoms with Crippen LogP contribution in [0.15, 0.2) is 47.9 Å². The predicted molar refractivity (Wildman–Crippen MR) is 71.5 cm³/mol. The maximum atomic E-state index is 10.7. The highest BCUT2D eigenvalue weighted by Crippen LogP contribution is 2.23. The number of amidine groups is 1. The number of hydrogen-bond donors (Lipinski definition) is 2. The SMILES string of the molecule is N/C(CC(c1ccccc1)n1cc([N+](=O)[O-])cn1)=N/O. The maximum Gasteiger partial charge on any atom is 0.307 e. The second-order valence-electron chi connectivity index (χ2n) is 4.16. The zero-order valence-electron chi connectivity index (χ0n) is 10.5. The Kier molecular flexibility index (Phi) is 3.94. The van der Waals surface area contributed by atoms with Crippen molar-refractivity contribution in [1.82, 2.24) is 9.78 Å². The number of nitro groups is 1. The van der Waals surface area contributed by atoms with Gasteiger partial charge in [-0.1, -0.05) is 35.5 Å². The van der Waals surface area contributed by atoms with Gasteiger partial charge in [-0.05, 0) is 5.56 Å². The molecule has 2 aromatic rings. The summed E-state index contributed by atoms with van der Waals surface area (Å²) >= 11 is 0. The summed E-state index contributed by atoms with van der Waals surface area (Å²) in [6.45, 7) is 0. The molecule has 0 aliphatic carbocycles. The molecule has 3 N–H and O–H groups in total. The number of nitrogens with zero attached hydrogens (tertiary/aromatic N) is 4. The summed E-state index contributed by atoms with van der Waals surface area (Å²) in [5, 5.41) is 26.3. The summed E-state index contributed by atoms with van der Waals surface area (Å²) in [4.78, 5) is 10.2. The van der Waals surface area contributed by atoms with Crippen molar-refractivity contribution in [2.75, 3.05) is 0 Å². The average molecular weight is 275 g/mol. The lowest BCUT2D eigenvalue weighted by molar-refractivity contribution is -0.385. The topological polar surface area (TPSA) is 120 Å². The van der Waals surface area contributed by atoms with E-state index in [4.69, 9.17) is 10.9 Å². The molecule has 0 bridgehead atoms. The third-order valence-corrected chi connectivity index (χ3v) is 2.83. The van der Waals surface area contributed by atoms with Gasteiger partial charge in [-0.25, -0.2) is 0 Å². The fourth-order valence-corrected chi connectivity index (χ4v) is 1.87. The summed E-state index contributed by atoms with van der Waals surface area (Å²) in [6, 6.07) is 8.86. The monoisotopic (exact) mass is 275 g/mol. The van der Waals surface area contributed by atoms with Crippen molar-refractivity contribution in [2.45, 2.75) is 12.5 Å². The number of rotatable bonds is 5. The Morgan fingerprint density at radius 2 is 2.20 bits per heavy atom. The summed E-state index contributed by atoms with van der Waals surface area (Å²) in [6.07, 6.45) is 2.68. The van der Waals surface area contributed by atoms with Gasteiger partial charge in [0.25, 0.3) is 0 Å². The van der Waals surface area contributed by atoms with Crippen molar-refractivity contribution in [3.05, 3.63) is 58.4 Å². The van der Waals surface area contributed by atoms with Crippen LogP contribution in [-0.2, 0) is 0 Å². The molecule has 1 atom stereocenters. The molecule has 0 spiro atoms. The Hall–Kier alpha value is -2.90. The van der Waals surface area contributed by atoms with E-state index in [1.165, 1.54) is 17.1 Å². The molecule has 2 rings (SSSR count). The van der Waals surface area contributed by atoms with Gasteiger partial charge in [0.2, 0.25) is 0 Å². The highest BCUT2D eigenvalue weighted by Gasteiger charge is 2.19. The van der Waals surface area contributed by atoms with E-state index < -0.39 is 4.92 Å². The van der Waals surface area contributed by atoms with Crippen LogP contribution >= 0.6 is 0 Å². The molecular formula is C12H13N5O3. The Morgan fingerprint density at radius 1 is 1.50 bits per heavy atom. The van der Waals surface area contributed by atoms with Crippen molar-refractivity contribution >= 4 is 11.5 Å². The smallest absolute Gasteiger partial charge is 0.307 e. The normalized spacial score (nSPS) is 13.1. The number of benzene rings is 1.